The highest BCUT2D eigenvalue weighted by atomic mass is 16.5. The van der Waals surface area contributed by atoms with Gasteiger partial charge in [0, 0.05) is 12.3 Å². The van der Waals surface area contributed by atoms with E-state index in [1.165, 1.54) is 7.11 Å². The van der Waals surface area contributed by atoms with Crippen LogP contribution >= 0.6 is 0 Å². The Bertz CT molecular complexity index is 861. The summed E-state index contributed by atoms with van der Waals surface area (Å²) in [5.74, 6) is 0.930. The first kappa shape index (κ1) is 15.3. The van der Waals surface area contributed by atoms with Crippen molar-refractivity contribution in [3.63, 3.8) is 0 Å². The summed E-state index contributed by atoms with van der Waals surface area (Å²) < 4.78 is 15.8. The van der Waals surface area contributed by atoms with E-state index in [-0.39, 0.29) is 12.4 Å². The van der Waals surface area contributed by atoms with Crippen molar-refractivity contribution < 1.29 is 23.5 Å². The highest BCUT2D eigenvalue weighted by Crippen LogP contribution is 2.30. The Kier molecular flexibility index (Phi) is 3.92. The molecule has 0 saturated carbocycles. The molecule has 0 radical (unpaired) electrons. The van der Waals surface area contributed by atoms with Crippen LogP contribution in [0.4, 0.5) is 0 Å². The molecule has 0 fully saturated rings. The number of aliphatic hydroxyl groups excluding tert-OH is 1. The third-order valence-corrected chi connectivity index (χ3v) is 3.63. The number of methoxy groups -OCH3 is 1. The zero-order valence-electron chi connectivity index (χ0n) is 13.1. The zero-order valence-corrected chi connectivity index (χ0v) is 13.1. The van der Waals surface area contributed by atoms with E-state index in [2.05, 4.69) is 9.72 Å². The molecule has 1 N–H and O–H groups in total. The molecule has 0 aliphatic heterocycles. The Morgan fingerprint density at radius 1 is 1.30 bits per heavy atom. The average Bonchev–Trinajstić information content (AvgIpc) is 3.08. The maximum atomic E-state index is 11.4. The Labute approximate surface area is 132 Å². The minimum Gasteiger partial charge on any atom is -0.469 e. The Hall–Kier alpha value is -2.60. The number of furan rings is 1. The number of nitrogens with zero attached hydrogens (tertiary/aromatic N) is 1. The number of rotatable bonds is 4. The number of hydrogen-bond donors (Lipinski definition) is 1. The van der Waals surface area contributed by atoms with Gasteiger partial charge in [-0.25, -0.2) is 4.98 Å². The molecule has 3 rings (SSSR count). The molecule has 23 heavy (non-hydrogen) atoms. The normalized spacial score (nSPS) is 12.5. The van der Waals surface area contributed by atoms with Crippen molar-refractivity contribution in [2.75, 3.05) is 7.11 Å². The van der Waals surface area contributed by atoms with Crippen molar-refractivity contribution in [1.82, 2.24) is 4.98 Å². The van der Waals surface area contributed by atoms with Crippen molar-refractivity contribution in [3.05, 3.63) is 52.9 Å². The molecule has 6 nitrogen and oxygen atoms in total. The second-order valence-electron chi connectivity index (χ2n) is 5.36. The molecule has 0 aliphatic carbocycles. The highest BCUT2D eigenvalue weighted by molar-refractivity contribution is 5.81. The lowest BCUT2D eigenvalue weighted by Crippen LogP contribution is -2.03. The van der Waals surface area contributed by atoms with Crippen LogP contribution in [0.3, 0.4) is 0 Å². The van der Waals surface area contributed by atoms with Gasteiger partial charge < -0.3 is 18.7 Å². The van der Waals surface area contributed by atoms with Gasteiger partial charge in [-0.2, -0.15) is 0 Å². The third-order valence-electron chi connectivity index (χ3n) is 3.63. The van der Waals surface area contributed by atoms with Gasteiger partial charge in [-0.1, -0.05) is 6.07 Å². The molecular weight excluding hydrogens is 298 g/mol. The molecule has 1 aromatic carbocycles. The lowest BCUT2D eigenvalue weighted by Gasteiger charge is -2.03. The van der Waals surface area contributed by atoms with Gasteiger partial charge in [0.25, 0.3) is 0 Å². The van der Waals surface area contributed by atoms with E-state index in [0.717, 1.165) is 10.9 Å². The molecule has 0 aliphatic rings. The predicted molar refractivity (Wildman–Crippen MR) is 82.0 cm³/mol. The molecule has 120 valence electrons. The maximum Gasteiger partial charge on any atom is 0.309 e. The van der Waals surface area contributed by atoms with Gasteiger partial charge in [-0.15, -0.1) is 0 Å². The molecule has 6 heteroatoms. The number of ether oxygens (including phenoxy) is 1. The first-order valence-corrected chi connectivity index (χ1v) is 7.19. The minimum absolute atomic E-state index is 0.190. The van der Waals surface area contributed by atoms with Crippen LogP contribution in [0.2, 0.25) is 0 Å². The van der Waals surface area contributed by atoms with Gasteiger partial charge in [0.2, 0.25) is 0 Å². The molecule has 0 saturated heterocycles. The molecule has 2 heterocycles. The van der Waals surface area contributed by atoms with Gasteiger partial charge in [-0.3, -0.25) is 4.79 Å². The quantitative estimate of drug-likeness (QED) is 0.745. The number of carbonyl (C=O) groups is 1. The van der Waals surface area contributed by atoms with Crippen LogP contribution in [-0.2, 0) is 16.0 Å². The highest BCUT2D eigenvalue weighted by Gasteiger charge is 2.22. The summed E-state index contributed by atoms with van der Waals surface area (Å²) in [6.45, 7) is 3.49. The van der Waals surface area contributed by atoms with E-state index in [1.54, 1.807) is 32.0 Å². The number of aryl methyl sites for hydroxylation is 2. The van der Waals surface area contributed by atoms with Gasteiger partial charge in [0.05, 0.1) is 19.2 Å². The number of esters is 1. The van der Waals surface area contributed by atoms with Crippen LogP contribution in [0.1, 0.15) is 34.8 Å². The number of oxazole rings is 1. The van der Waals surface area contributed by atoms with Crippen LogP contribution in [0.5, 0.6) is 0 Å². The van der Waals surface area contributed by atoms with Crippen LogP contribution in [0.15, 0.2) is 33.1 Å². The second kappa shape index (κ2) is 5.89. The summed E-state index contributed by atoms with van der Waals surface area (Å²) in [7, 11) is 1.36. The fourth-order valence-electron chi connectivity index (χ4n) is 2.53. The molecule has 1 unspecified atom stereocenters. The number of aliphatic hydroxyl groups is 1. The molecule has 2 aromatic heterocycles. The fraction of sp³-hybridized carbons (Fsp3) is 0.294. The van der Waals surface area contributed by atoms with Crippen LogP contribution < -0.4 is 0 Å². The summed E-state index contributed by atoms with van der Waals surface area (Å²) in [5, 5.41) is 11.2. The van der Waals surface area contributed by atoms with Crippen LogP contribution in [0, 0.1) is 13.8 Å². The summed E-state index contributed by atoms with van der Waals surface area (Å²) in [6, 6.07) is 7.13. The van der Waals surface area contributed by atoms with Gasteiger partial charge in [-0.05, 0) is 30.7 Å². The molecule has 3 aromatic rings. The van der Waals surface area contributed by atoms with Crippen molar-refractivity contribution in [2.24, 2.45) is 0 Å². The largest absolute Gasteiger partial charge is 0.469 e. The van der Waals surface area contributed by atoms with Crippen molar-refractivity contribution in [2.45, 2.75) is 26.4 Å². The lowest BCUT2D eigenvalue weighted by atomic mass is 10.1. The summed E-state index contributed by atoms with van der Waals surface area (Å²) >= 11 is 0. The van der Waals surface area contributed by atoms with Crippen molar-refractivity contribution in [3.8, 4) is 0 Å². The lowest BCUT2D eigenvalue weighted by molar-refractivity contribution is -0.139. The molecule has 0 amide bonds. The number of fused-ring (bicyclic) bond motifs is 1. The van der Waals surface area contributed by atoms with Gasteiger partial charge in [0.1, 0.15) is 11.3 Å². The van der Waals surface area contributed by atoms with Crippen LogP contribution in [0.25, 0.3) is 11.0 Å². The van der Waals surface area contributed by atoms with E-state index < -0.39 is 6.10 Å². The van der Waals surface area contributed by atoms with Crippen molar-refractivity contribution >= 4 is 16.9 Å². The van der Waals surface area contributed by atoms with E-state index in [4.69, 9.17) is 8.83 Å². The standard InChI is InChI=1S/C17H17NO5/c1-9-17(22-10(2)18-9)16(20)14-8-12-6-11(7-15(19)21-3)4-5-13(12)23-14/h4-6,8,16,20H,7H2,1-3H3. The number of carbonyl (C=O) groups excluding carboxylic acids is 1. The number of aromatic nitrogens is 1. The zero-order chi connectivity index (χ0) is 16.6. The van der Waals surface area contributed by atoms with Gasteiger partial charge >= 0.3 is 5.97 Å². The summed E-state index contributed by atoms with van der Waals surface area (Å²) in [6.07, 6.45) is -0.830. The molecule has 1 atom stereocenters. The monoisotopic (exact) mass is 315 g/mol. The SMILES string of the molecule is COC(=O)Cc1ccc2oc(C(O)c3oc(C)nc3C)cc2c1. The first-order chi connectivity index (χ1) is 11.0. The van der Waals surface area contributed by atoms with E-state index in [1.807, 2.05) is 6.07 Å². The van der Waals surface area contributed by atoms with E-state index >= 15 is 0 Å². The second-order valence-corrected chi connectivity index (χ2v) is 5.36. The van der Waals surface area contributed by atoms with Crippen molar-refractivity contribution in [1.29, 1.82) is 0 Å². The smallest absolute Gasteiger partial charge is 0.309 e. The predicted octanol–water partition coefficient (Wildman–Crippen LogP) is 2.83. The number of benzene rings is 1. The van der Waals surface area contributed by atoms with Crippen LogP contribution in [-0.4, -0.2) is 23.2 Å². The van der Waals surface area contributed by atoms with E-state index in [0.29, 0.717) is 28.7 Å². The summed E-state index contributed by atoms with van der Waals surface area (Å²) in [5.41, 5.74) is 2.07. The molecule has 0 spiro atoms. The average molecular weight is 315 g/mol. The fourth-order valence-corrected chi connectivity index (χ4v) is 2.53. The van der Waals surface area contributed by atoms with E-state index in [9.17, 15) is 9.90 Å². The van der Waals surface area contributed by atoms with Gasteiger partial charge in [0.15, 0.2) is 17.8 Å². The Morgan fingerprint density at radius 2 is 2.09 bits per heavy atom. The Morgan fingerprint density at radius 3 is 2.74 bits per heavy atom. The Balaban J connectivity index is 1.93. The topological polar surface area (TPSA) is 85.7 Å². The molecular formula is C17H17NO5. The third kappa shape index (κ3) is 2.98. The minimum atomic E-state index is -1.02. The number of hydrogen-bond acceptors (Lipinski definition) is 6. The molecule has 0 bridgehead atoms. The summed E-state index contributed by atoms with van der Waals surface area (Å²) in [4.78, 5) is 15.5. The maximum absolute atomic E-state index is 11.4. The first-order valence-electron chi connectivity index (χ1n) is 7.19.